The molecular weight excluding hydrogens is 266 g/mol. The van der Waals surface area contributed by atoms with E-state index in [9.17, 15) is 9.59 Å². The van der Waals surface area contributed by atoms with Gasteiger partial charge in [0.2, 0.25) is 11.8 Å². The first-order valence-electron chi connectivity index (χ1n) is 7.69. The number of hydrogen-bond acceptors (Lipinski definition) is 3. The first-order chi connectivity index (χ1) is 10.2. The Balaban J connectivity index is 1.47. The number of fused-ring (bicyclic) bond motifs is 3. The average molecular weight is 285 g/mol. The highest BCUT2D eigenvalue weighted by Gasteiger charge is 2.42. The lowest BCUT2D eigenvalue weighted by Gasteiger charge is -2.21. The van der Waals surface area contributed by atoms with Crippen LogP contribution in [-0.4, -0.2) is 23.9 Å². The molecule has 3 aliphatic rings. The average Bonchev–Trinajstić information content (AvgIpc) is 3.10. The summed E-state index contributed by atoms with van der Waals surface area (Å²) in [6.45, 7) is 0. The molecule has 0 saturated carbocycles. The summed E-state index contributed by atoms with van der Waals surface area (Å²) in [7, 11) is 0. The number of amides is 2. The van der Waals surface area contributed by atoms with Crippen LogP contribution in [0.4, 0.5) is 11.4 Å². The smallest absolute Gasteiger partial charge is 0.229 e. The van der Waals surface area contributed by atoms with Crippen molar-refractivity contribution in [2.45, 2.75) is 44.2 Å². The Morgan fingerprint density at radius 1 is 1.24 bits per heavy atom. The number of carbonyl (C=O) groups is 2. The van der Waals surface area contributed by atoms with Gasteiger partial charge in [0, 0.05) is 29.9 Å². The molecule has 2 fully saturated rings. The van der Waals surface area contributed by atoms with E-state index in [0.29, 0.717) is 18.5 Å². The van der Waals surface area contributed by atoms with Crippen LogP contribution in [0, 0.1) is 5.92 Å². The molecule has 2 bridgehead atoms. The van der Waals surface area contributed by atoms with E-state index in [1.165, 1.54) is 6.42 Å². The van der Waals surface area contributed by atoms with Crippen LogP contribution in [0.25, 0.3) is 0 Å². The minimum atomic E-state index is 0.0624. The maximum atomic E-state index is 12.4. The van der Waals surface area contributed by atoms with Crippen molar-refractivity contribution in [2.24, 2.45) is 5.92 Å². The molecule has 0 aromatic heterocycles. The number of anilines is 2. The zero-order valence-electron chi connectivity index (χ0n) is 11.8. The highest BCUT2D eigenvalue weighted by Crippen LogP contribution is 2.34. The number of hydrogen-bond donors (Lipinski definition) is 3. The maximum Gasteiger partial charge on any atom is 0.229 e. The SMILES string of the molecule is O=C1CCc2cc(NC(=O)C3CC4CCC3N4)ccc2N1. The van der Waals surface area contributed by atoms with E-state index in [1.807, 2.05) is 18.2 Å². The first kappa shape index (κ1) is 12.8. The van der Waals surface area contributed by atoms with Gasteiger partial charge in [-0.25, -0.2) is 0 Å². The topological polar surface area (TPSA) is 70.2 Å². The molecule has 3 N–H and O–H groups in total. The lowest BCUT2D eigenvalue weighted by Crippen LogP contribution is -2.32. The quantitative estimate of drug-likeness (QED) is 0.774. The Labute approximate surface area is 123 Å². The minimum absolute atomic E-state index is 0.0624. The number of aryl methyl sites for hydroxylation is 1. The Kier molecular flexibility index (Phi) is 2.96. The van der Waals surface area contributed by atoms with Crippen LogP contribution in [-0.2, 0) is 16.0 Å². The molecule has 1 aromatic carbocycles. The first-order valence-corrected chi connectivity index (χ1v) is 7.69. The Morgan fingerprint density at radius 2 is 2.14 bits per heavy atom. The normalized spacial score (nSPS) is 29.9. The second-order valence-electron chi connectivity index (χ2n) is 6.30. The van der Waals surface area contributed by atoms with Crippen LogP contribution < -0.4 is 16.0 Å². The van der Waals surface area contributed by atoms with Crippen LogP contribution in [0.1, 0.15) is 31.2 Å². The van der Waals surface area contributed by atoms with Crippen molar-refractivity contribution >= 4 is 23.2 Å². The Hall–Kier alpha value is -1.88. The van der Waals surface area contributed by atoms with Crippen LogP contribution in [0.2, 0.25) is 0 Å². The Bertz CT molecular complexity index is 614. The molecule has 0 radical (unpaired) electrons. The molecule has 3 aliphatic heterocycles. The number of rotatable bonds is 2. The minimum Gasteiger partial charge on any atom is -0.326 e. The van der Waals surface area contributed by atoms with Gasteiger partial charge in [0.05, 0.1) is 5.92 Å². The van der Waals surface area contributed by atoms with Gasteiger partial charge in [-0.1, -0.05) is 0 Å². The predicted octanol–water partition coefficient (Wildman–Crippen LogP) is 1.65. The fourth-order valence-electron chi connectivity index (χ4n) is 3.81. The van der Waals surface area contributed by atoms with Crippen molar-refractivity contribution in [1.29, 1.82) is 0 Å². The summed E-state index contributed by atoms with van der Waals surface area (Å²) in [6, 6.07) is 6.61. The fourth-order valence-corrected chi connectivity index (χ4v) is 3.81. The van der Waals surface area contributed by atoms with E-state index >= 15 is 0 Å². The molecule has 5 nitrogen and oxygen atoms in total. The number of carbonyl (C=O) groups excluding carboxylic acids is 2. The van der Waals surface area contributed by atoms with Gasteiger partial charge in [-0.3, -0.25) is 9.59 Å². The lowest BCUT2D eigenvalue weighted by atomic mass is 9.88. The van der Waals surface area contributed by atoms with Gasteiger partial charge in [-0.2, -0.15) is 0 Å². The third-order valence-electron chi connectivity index (χ3n) is 4.91. The summed E-state index contributed by atoms with van der Waals surface area (Å²) >= 11 is 0. The number of nitrogens with one attached hydrogen (secondary N) is 3. The molecule has 3 unspecified atom stereocenters. The van der Waals surface area contributed by atoms with Crippen molar-refractivity contribution in [3.05, 3.63) is 23.8 Å². The highest BCUT2D eigenvalue weighted by atomic mass is 16.2. The molecule has 110 valence electrons. The van der Waals surface area contributed by atoms with Gasteiger partial charge in [0.15, 0.2) is 0 Å². The zero-order chi connectivity index (χ0) is 14.4. The highest BCUT2D eigenvalue weighted by molar-refractivity contribution is 5.96. The van der Waals surface area contributed by atoms with Crippen LogP contribution in [0.3, 0.4) is 0 Å². The lowest BCUT2D eigenvalue weighted by molar-refractivity contribution is -0.120. The second kappa shape index (κ2) is 4.84. The van der Waals surface area contributed by atoms with Gasteiger partial charge in [-0.05, 0) is 49.4 Å². The third kappa shape index (κ3) is 2.31. The van der Waals surface area contributed by atoms with Gasteiger partial charge < -0.3 is 16.0 Å². The predicted molar refractivity (Wildman–Crippen MR) is 80.1 cm³/mol. The molecule has 4 rings (SSSR count). The van der Waals surface area contributed by atoms with Crippen molar-refractivity contribution < 1.29 is 9.59 Å². The van der Waals surface area contributed by atoms with E-state index < -0.39 is 0 Å². The summed E-state index contributed by atoms with van der Waals surface area (Å²) in [6.07, 6.45) is 4.52. The zero-order valence-corrected chi connectivity index (χ0v) is 11.8. The summed E-state index contributed by atoms with van der Waals surface area (Å²) < 4.78 is 0. The van der Waals surface area contributed by atoms with Gasteiger partial charge in [0.1, 0.15) is 0 Å². The van der Waals surface area contributed by atoms with E-state index in [0.717, 1.165) is 36.2 Å². The Morgan fingerprint density at radius 3 is 2.90 bits per heavy atom. The van der Waals surface area contributed by atoms with Crippen molar-refractivity contribution in [3.63, 3.8) is 0 Å². The third-order valence-corrected chi connectivity index (χ3v) is 4.91. The standard InChI is InChI=1S/C16H19N3O2/c20-15-6-1-9-7-10(2-4-13(9)19-15)18-16(21)12-8-11-3-5-14(12)17-11/h2,4,7,11-12,14,17H,1,3,5-6,8H2,(H,18,21)(H,19,20). The van der Waals surface area contributed by atoms with E-state index in [-0.39, 0.29) is 17.7 Å². The molecular formula is C16H19N3O2. The molecule has 5 heteroatoms. The van der Waals surface area contributed by atoms with Gasteiger partial charge >= 0.3 is 0 Å². The molecule has 2 saturated heterocycles. The fraction of sp³-hybridized carbons (Fsp3) is 0.500. The van der Waals surface area contributed by atoms with Crippen molar-refractivity contribution in [2.75, 3.05) is 10.6 Å². The van der Waals surface area contributed by atoms with Crippen LogP contribution in [0.5, 0.6) is 0 Å². The molecule has 0 aliphatic carbocycles. The summed E-state index contributed by atoms with van der Waals surface area (Å²) in [5.74, 6) is 0.279. The van der Waals surface area contributed by atoms with Crippen molar-refractivity contribution in [3.8, 4) is 0 Å². The monoisotopic (exact) mass is 285 g/mol. The summed E-state index contributed by atoms with van der Waals surface area (Å²) in [5.41, 5.74) is 2.79. The molecule has 21 heavy (non-hydrogen) atoms. The maximum absolute atomic E-state index is 12.4. The van der Waals surface area contributed by atoms with Crippen LogP contribution >= 0.6 is 0 Å². The summed E-state index contributed by atoms with van der Waals surface area (Å²) in [5, 5.41) is 9.39. The van der Waals surface area contributed by atoms with E-state index in [4.69, 9.17) is 0 Å². The van der Waals surface area contributed by atoms with E-state index in [1.54, 1.807) is 0 Å². The largest absolute Gasteiger partial charge is 0.326 e. The molecule has 3 heterocycles. The number of benzene rings is 1. The molecule has 1 aromatic rings. The molecule has 2 amide bonds. The van der Waals surface area contributed by atoms with Gasteiger partial charge in [0.25, 0.3) is 0 Å². The van der Waals surface area contributed by atoms with Crippen molar-refractivity contribution in [1.82, 2.24) is 5.32 Å². The van der Waals surface area contributed by atoms with E-state index in [2.05, 4.69) is 16.0 Å². The van der Waals surface area contributed by atoms with Crippen LogP contribution in [0.15, 0.2) is 18.2 Å². The van der Waals surface area contributed by atoms with Gasteiger partial charge in [-0.15, -0.1) is 0 Å². The molecule has 0 spiro atoms. The second-order valence-corrected chi connectivity index (χ2v) is 6.30. The molecule has 3 atom stereocenters. The summed E-state index contributed by atoms with van der Waals surface area (Å²) in [4.78, 5) is 23.8.